The van der Waals surface area contributed by atoms with Crippen LogP contribution in [0.5, 0.6) is 11.5 Å². The molecule has 0 aliphatic carbocycles. The van der Waals surface area contributed by atoms with Gasteiger partial charge in [0.15, 0.2) is 0 Å². The van der Waals surface area contributed by atoms with E-state index in [1.165, 1.54) is 37.9 Å². The second-order valence-corrected chi connectivity index (χ2v) is 9.49. The van der Waals surface area contributed by atoms with Gasteiger partial charge in [0.2, 0.25) is 0 Å². The minimum Gasteiger partial charge on any atom is -0.492 e. The van der Waals surface area contributed by atoms with E-state index in [1.54, 1.807) is 0 Å². The van der Waals surface area contributed by atoms with Gasteiger partial charge in [-0.1, -0.05) is 30.7 Å². The molecular formula is C27H38N2O4. The van der Waals surface area contributed by atoms with Crippen molar-refractivity contribution in [2.24, 2.45) is 0 Å². The number of benzene rings is 2. The van der Waals surface area contributed by atoms with Gasteiger partial charge in [-0.05, 0) is 68.2 Å². The fraction of sp³-hybridized carbons (Fsp3) is 0.556. The fourth-order valence-electron chi connectivity index (χ4n) is 4.57. The van der Waals surface area contributed by atoms with Gasteiger partial charge in [-0.2, -0.15) is 0 Å². The van der Waals surface area contributed by atoms with Crippen molar-refractivity contribution >= 4 is 0 Å². The van der Waals surface area contributed by atoms with E-state index in [0.717, 1.165) is 43.3 Å². The van der Waals surface area contributed by atoms with E-state index < -0.39 is 5.60 Å². The summed E-state index contributed by atoms with van der Waals surface area (Å²) in [6.07, 6.45) is 3.98. The lowest BCUT2D eigenvalue weighted by molar-refractivity contribution is -0.0646. The van der Waals surface area contributed by atoms with Gasteiger partial charge in [0.05, 0.1) is 13.2 Å². The number of nitrogens with zero attached hydrogens (tertiary/aromatic N) is 2. The second-order valence-electron chi connectivity index (χ2n) is 9.49. The van der Waals surface area contributed by atoms with Gasteiger partial charge in [-0.25, -0.2) is 0 Å². The monoisotopic (exact) mass is 454 g/mol. The van der Waals surface area contributed by atoms with Crippen molar-refractivity contribution < 1.29 is 19.3 Å². The highest BCUT2D eigenvalue weighted by molar-refractivity contribution is 5.28. The molecule has 0 amide bonds. The summed E-state index contributed by atoms with van der Waals surface area (Å²) in [5.74, 6) is 1.69. The maximum absolute atomic E-state index is 11.2. The Kier molecular flexibility index (Phi) is 8.62. The molecule has 0 aromatic heterocycles. The standard InChI is InChI=1S/C27H38N2O4/c1-23-6-5-7-26(18-23)33-22-27(30)20-29(14-16-31-21-27)19-24-8-10-25(11-9-24)32-17-15-28-12-3-2-4-13-28/h5-11,18,30H,2-4,12-17,19-22H2,1H3. The summed E-state index contributed by atoms with van der Waals surface area (Å²) in [7, 11) is 0. The first-order valence-corrected chi connectivity index (χ1v) is 12.2. The van der Waals surface area contributed by atoms with Crippen LogP contribution in [0.25, 0.3) is 0 Å². The quantitative estimate of drug-likeness (QED) is 0.626. The minimum absolute atomic E-state index is 0.205. The van der Waals surface area contributed by atoms with Crippen LogP contribution >= 0.6 is 0 Å². The highest BCUT2D eigenvalue weighted by Crippen LogP contribution is 2.20. The summed E-state index contributed by atoms with van der Waals surface area (Å²) < 4.78 is 17.6. The average molecular weight is 455 g/mol. The third kappa shape index (κ3) is 7.71. The Bertz CT molecular complexity index is 853. The third-order valence-corrected chi connectivity index (χ3v) is 6.39. The smallest absolute Gasteiger partial charge is 0.134 e. The molecule has 2 aromatic carbocycles. The zero-order valence-corrected chi connectivity index (χ0v) is 19.9. The SMILES string of the molecule is Cc1cccc(OCC2(O)COCCN(Cc3ccc(OCCN4CCCCC4)cc3)C2)c1. The molecule has 2 aliphatic rings. The Balaban J connectivity index is 1.25. The summed E-state index contributed by atoms with van der Waals surface area (Å²) in [6.45, 7) is 9.28. The lowest BCUT2D eigenvalue weighted by atomic mass is 10.1. The molecular weight excluding hydrogens is 416 g/mol. The Labute approximate surface area is 198 Å². The van der Waals surface area contributed by atoms with Crippen molar-refractivity contribution in [2.45, 2.75) is 38.3 Å². The number of likely N-dealkylation sites (tertiary alicyclic amines) is 1. The van der Waals surface area contributed by atoms with Gasteiger partial charge < -0.3 is 19.3 Å². The number of aliphatic hydroxyl groups is 1. The Morgan fingerprint density at radius 3 is 2.55 bits per heavy atom. The summed E-state index contributed by atoms with van der Waals surface area (Å²) in [4.78, 5) is 4.72. The van der Waals surface area contributed by atoms with Crippen LogP contribution in [0.3, 0.4) is 0 Å². The normalized spacial score (nSPS) is 22.6. The molecule has 2 fully saturated rings. The Morgan fingerprint density at radius 2 is 1.76 bits per heavy atom. The molecule has 1 unspecified atom stereocenters. The molecule has 4 rings (SSSR count). The van der Waals surface area contributed by atoms with Crippen LogP contribution in [0.15, 0.2) is 48.5 Å². The maximum Gasteiger partial charge on any atom is 0.134 e. The Morgan fingerprint density at radius 1 is 0.939 bits per heavy atom. The first-order chi connectivity index (χ1) is 16.1. The first-order valence-electron chi connectivity index (χ1n) is 12.2. The van der Waals surface area contributed by atoms with Crippen LogP contribution in [0, 0.1) is 6.92 Å². The van der Waals surface area contributed by atoms with Crippen molar-refractivity contribution in [3.8, 4) is 11.5 Å². The van der Waals surface area contributed by atoms with Crippen molar-refractivity contribution in [2.75, 3.05) is 59.2 Å². The molecule has 1 N–H and O–H groups in total. The number of hydrogen-bond acceptors (Lipinski definition) is 6. The van der Waals surface area contributed by atoms with E-state index in [0.29, 0.717) is 13.2 Å². The highest BCUT2D eigenvalue weighted by Gasteiger charge is 2.33. The van der Waals surface area contributed by atoms with E-state index >= 15 is 0 Å². The van der Waals surface area contributed by atoms with Gasteiger partial charge >= 0.3 is 0 Å². The molecule has 0 saturated carbocycles. The molecule has 1 atom stereocenters. The van der Waals surface area contributed by atoms with Crippen LogP contribution in [-0.2, 0) is 11.3 Å². The molecule has 180 valence electrons. The van der Waals surface area contributed by atoms with Gasteiger partial charge in [-0.3, -0.25) is 9.80 Å². The first kappa shape index (κ1) is 24.0. The number of aryl methyl sites for hydroxylation is 1. The van der Waals surface area contributed by atoms with Crippen LogP contribution < -0.4 is 9.47 Å². The van der Waals surface area contributed by atoms with Crippen molar-refractivity contribution in [3.63, 3.8) is 0 Å². The minimum atomic E-state index is -1.04. The largest absolute Gasteiger partial charge is 0.492 e. The topological polar surface area (TPSA) is 54.4 Å². The van der Waals surface area contributed by atoms with E-state index in [9.17, 15) is 5.11 Å². The second kappa shape index (κ2) is 11.8. The fourth-order valence-corrected chi connectivity index (χ4v) is 4.57. The molecule has 2 heterocycles. The summed E-state index contributed by atoms with van der Waals surface area (Å²) in [6, 6.07) is 16.2. The number of rotatable bonds is 9. The average Bonchev–Trinajstić information content (AvgIpc) is 3.01. The van der Waals surface area contributed by atoms with Gasteiger partial charge in [0, 0.05) is 26.2 Å². The number of hydrogen-bond donors (Lipinski definition) is 1. The van der Waals surface area contributed by atoms with Crippen LogP contribution in [0.1, 0.15) is 30.4 Å². The lowest BCUT2D eigenvalue weighted by Gasteiger charge is -2.30. The summed E-state index contributed by atoms with van der Waals surface area (Å²) >= 11 is 0. The maximum atomic E-state index is 11.2. The van der Waals surface area contributed by atoms with Gasteiger partial charge in [-0.15, -0.1) is 0 Å². The Hall–Kier alpha value is -2.12. The van der Waals surface area contributed by atoms with Crippen molar-refractivity contribution in [3.05, 3.63) is 59.7 Å². The van der Waals surface area contributed by atoms with E-state index in [1.807, 2.05) is 43.3 Å². The van der Waals surface area contributed by atoms with E-state index in [4.69, 9.17) is 14.2 Å². The molecule has 6 heteroatoms. The molecule has 0 spiro atoms. The summed E-state index contributed by atoms with van der Waals surface area (Å²) in [5.41, 5.74) is 1.29. The van der Waals surface area contributed by atoms with Crippen LogP contribution in [0.2, 0.25) is 0 Å². The predicted molar refractivity (Wildman–Crippen MR) is 130 cm³/mol. The predicted octanol–water partition coefficient (Wildman–Crippen LogP) is 3.50. The van der Waals surface area contributed by atoms with E-state index in [-0.39, 0.29) is 13.2 Å². The number of ether oxygens (including phenoxy) is 3. The zero-order chi connectivity index (χ0) is 22.9. The van der Waals surface area contributed by atoms with Gasteiger partial charge in [0.1, 0.15) is 30.3 Å². The molecule has 2 saturated heterocycles. The highest BCUT2D eigenvalue weighted by atomic mass is 16.5. The van der Waals surface area contributed by atoms with E-state index in [2.05, 4.69) is 21.9 Å². The van der Waals surface area contributed by atoms with Gasteiger partial charge in [0.25, 0.3) is 0 Å². The van der Waals surface area contributed by atoms with Crippen LogP contribution in [-0.4, -0.2) is 79.7 Å². The summed E-state index contributed by atoms with van der Waals surface area (Å²) in [5, 5.41) is 11.2. The molecule has 0 bridgehead atoms. The van der Waals surface area contributed by atoms with Crippen molar-refractivity contribution in [1.29, 1.82) is 0 Å². The molecule has 0 radical (unpaired) electrons. The molecule has 2 aliphatic heterocycles. The molecule has 33 heavy (non-hydrogen) atoms. The van der Waals surface area contributed by atoms with Crippen LogP contribution in [0.4, 0.5) is 0 Å². The number of β-amino-alcohol motifs (C(OH)–C–C–N with tert-alkyl or cyclic N) is 1. The lowest BCUT2D eigenvalue weighted by Crippen LogP contribution is -2.48. The molecule has 2 aromatic rings. The zero-order valence-electron chi connectivity index (χ0n) is 19.9. The molecule has 6 nitrogen and oxygen atoms in total. The third-order valence-electron chi connectivity index (χ3n) is 6.39. The number of piperidine rings is 1. The van der Waals surface area contributed by atoms with Crippen molar-refractivity contribution in [1.82, 2.24) is 9.80 Å².